The summed E-state index contributed by atoms with van der Waals surface area (Å²) in [4.78, 5) is 11.9. The van der Waals surface area contributed by atoms with Gasteiger partial charge in [-0.2, -0.15) is 0 Å². The number of hydrogen-bond acceptors (Lipinski definition) is 1. The van der Waals surface area contributed by atoms with E-state index in [0.29, 0.717) is 12.3 Å². The number of benzene rings is 1. The van der Waals surface area contributed by atoms with Crippen molar-refractivity contribution in [2.24, 2.45) is 5.41 Å². The molecule has 1 rings (SSSR count). The van der Waals surface area contributed by atoms with Crippen molar-refractivity contribution in [3.63, 3.8) is 0 Å². The molecule has 1 N–H and O–H groups in total. The van der Waals surface area contributed by atoms with Gasteiger partial charge in [-0.05, 0) is 42.7 Å². The summed E-state index contributed by atoms with van der Waals surface area (Å²) in [6.07, 6.45) is 3.39. The topological polar surface area (TPSA) is 29.1 Å². The number of halogens is 1. The number of aryl methyl sites for hydroxylation is 2. The average molecular weight is 296 g/mol. The number of hydrogen-bond donors (Lipinski definition) is 1. The second-order valence-electron chi connectivity index (χ2n) is 6.16. The van der Waals surface area contributed by atoms with Crippen molar-refractivity contribution in [2.45, 2.75) is 46.5 Å². The summed E-state index contributed by atoms with van der Waals surface area (Å²) in [5.41, 5.74) is 2.62. The van der Waals surface area contributed by atoms with Crippen molar-refractivity contribution in [1.82, 2.24) is 5.32 Å². The Kier molecular flexibility index (Phi) is 7.08. The van der Waals surface area contributed by atoms with Crippen molar-refractivity contribution in [3.8, 4) is 0 Å². The molecule has 20 heavy (non-hydrogen) atoms. The lowest BCUT2D eigenvalue weighted by atomic mass is 9.88. The van der Waals surface area contributed by atoms with Crippen LogP contribution in [0.5, 0.6) is 0 Å². The zero-order valence-corrected chi connectivity index (χ0v) is 13.6. The van der Waals surface area contributed by atoms with E-state index >= 15 is 0 Å². The molecule has 1 aromatic rings. The summed E-state index contributed by atoms with van der Waals surface area (Å²) in [5, 5.41) is 3.04. The summed E-state index contributed by atoms with van der Waals surface area (Å²) in [5.74, 6) is 0.817. The number of alkyl halides is 1. The van der Waals surface area contributed by atoms with E-state index in [9.17, 15) is 4.79 Å². The number of amides is 1. The Labute approximate surface area is 127 Å². The molecule has 0 heterocycles. The molecule has 112 valence electrons. The molecule has 1 amide bonds. The molecule has 0 radical (unpaired) electrons. The van der Waals surface area contributed by atoms with Gasteiger partial charge < -0.3 is 5.32 Å². The maximum Gasteiger partial charge on any atom is 0.220 e. The third kappa shape index (κ3) is 6.42. The highest BCUT2D eigenvalue weighted by atomic mass is 35.5. The lowest BCUT2D eigenvalue weighted by molar-refractivity contribution is -0.121. The molecular weight excluding hydrogens is 270 g/mol. The number of carbonyl (C=O) groups is 1. The van der Waals surface area contributed by atoms with Crippen LogP contribution in [0.15, 0.2) is 24.3 Å². The smallest absolute Gasteiger partial charge is 0.220 e. The highest BCUT2D eigenvalue weighted by molar-refractivity contribution is 6.17. The molecular formula is C17H26ClNO. The largest absolute Gasteiger partial charge is 0.356 e. The van der Waals surface area contributed by atoms with Crippen LogP contribution in [0.2, 0.25) is 0 Å². The molecule has 0 aliphatic rings. The molecule has 2 nitrogen and oxygen atoms in total. The van der Waals surface area contributed by atoms with E-state index < -0.39 is 0 Å². The molecule has 0 spiro atoms. The lowest BCUT2D eigenvalue weighted by Crippen LogP contribution is -2.34. The van der Waals surface area contributed by atoms with Gasteiger partial charge in [-0.15, -0.1) is 11.6 Å². The standard InChI is InChI=1S/C17H26ClNO/c1-14-7-4-5-8-15(14)9-10-16(20)19-13-17(2,3)11-6-12-18/h4-5,7-8H,6,9-13H2,1-3H3,(H,19,20). The summed E-state index contributed by atoms with van der Waals surface area (Å²) >= 11 is 5.72. The zero-order valence-electron chi connectivity index (χ0n) is 12.8. The van der Waals surface area contributed by atoms with Crippen LogP contribution in [0.25, 0.3) is 0 Å². The van der Waals surface area contributed by atoms with Crippen molar-refractivity contribution in [3.05, 3.63) is 35.4 Å². The van der Waals surface area contributed by atoms with E-state index in [2.05, 4.69) is 38.2 Å². The van der Waals surface area contributed by atoms with Crippen LogP contribution in [0, 0.1) is 12.3 Å². The molecule has 0 fully saturated rings. The van der Waals surface area contributed by atoms with Crippen LogP contribution in [0.1, 0.15) is 44.2 Å². The SMILES string of the molecule is Cc1ccccc1CCC(=O)NCC(C)(C)CCCCl. The first kappa shape index (κ1) is 17.0. The van der Waals surface area contributed by atoms with E-state index in [0.717, 1.165) is 25.8 Å². The van der Waals surface area contributed by atoms with Crippen LogP contribution >= 0.6 is 11.6 Å². The van der Waals surface area contributed by atoms with E-state index in [1.165, 1.54) is 11.1 Å². The fraction of sp³-hybridized carbons (Fsp3) is 0.588. The number of nitrogens with one attached hydrogen (secondary N) is 1. The van der Waals surface area contributed by atoms with Crippen LogP contribution < -0.4 is 5.32 Å². The van der Waals surface area contributed by atoms with Gasteiger partial charge in [-0.3, -0.25) is 4.79 Å². The van der Waals surface area contributed by atoms with Crippen molar-refractivity contribution in [2.75, 3.05) is 12.4 Å². The van der Waals surface area contributed by atoms with Gasteiger partial charge in [0.15, 0.2) is 0 Å². The molecule has 0 aromatic heterocycles. The predicted octanol–water partition coefficient (Wildman–Crippen LogP) is 4.09. The maximum atomic E-state index is 11.9. The first-order valence-corrected chi connectivity index (χ1v) is 7.85. The van der Waals surface area contributed by atoms with E-state index in [1.54, 1.807) is 0 Å². The Bertz CT molecular complexity index is 429. The Morgan fingerprint density at radius 1 is 1.30 bits per heavy atom. The maximum absolute atomic E-state index is 11.9. The summed E-state index contributed by atoms with van der Waals surface area (Å²) in [6, 6.07) is 8.23. The fourth-order valence-electron chi connectivity index (χ4n) is 2.20. The van der Waals surface area contributed by atoms with Gasteiger partial charge >= 0.3 is 0 Å². The second kappa shape index (κ2) is 8.31. The summed E-state index contributed by atoms with van der Waals surface area (Å²) in [6.45, 7) is 7.14. The Morgan fingerprint density at radius 3 is 2.65 bits per heavy atom. The number of carbonyl (C=O) groups excluding carboxylic acids is 1. The first-order chi connectivity index (χ1) is 9.44. The van der Waals surface area contributed by atoms with Gasteiger partial charge in [0.25, 0.3) is 0 Å². The molecule has 0 aliphatic carbocycles. The molecule has 1 aromatic carbocycles. The predicted molar refractivity (Wildman–Crippen MR) is 86.2 cm³/mol. The van der Waals surface area contributed by atoms with E-state index in [-0.39, 0.29) is 11.3 Å². The van der Waals surface area contributed by atoms with Crippen LogP contribution in [-0.4, -0.2) is 18.3 Å². The highest BCUT2D eigenvalue weighted by Gasteiger charge is 2.18. The summed E-state index contributed by atoms with van der Waals surface area (Å²) < 4.78 is 0. The summed E-state index contributed by atoms with van der Waals surface area (Å²) in [7, 11) is 0. The monoisotopic (exact) mass is 295 g/mol. The van der Waals surface area contributed by atoms with Gasteiger partial charge in [0, 0.05) is 18.8 Å². The lowest BCUT2D eigenvalue weighted by Gasteiger charge is -2.24. The van der Waals surface area contributed by atoms with Crippen molar-refractivity contribution >= 4 is 17.5 Å². The molecule has 0 aliphatic heterocycles. The van der Waals surface area contributed by atoms with Crippen molar-refractivity contribution < 1.29 is 4.79 Å². The van der Waals surface area contributed by atoms with Crippen LogP contribution in [0.4, 0.5) is 0 Å². The highest BCUT2D eigenvalue weighted by Crippen LogP contribution is 2.21. The number of rotatable bonds is 8. The van der Waals surface area contributed by atoms with Gasteiger partial charge in [-0.1, -0.05) is 38.1 Å². The molecule has 0 atom stereocenters. The van der Waals surface area contributed by atoms with E-state index in [1.807, 2.05) is 12.1 Å². The van der Waals surface area contributed by atoms with Gasteiger partial charge in [0.05, 0.1) is 0 Å². The minimum Gasteiger partial charge on any atom is -0.356 e. The normalized spacial score (nSPS) is 11.4. The second-order valence-corrected chi connectivity index (χ2v) is 6.54. The quantitative estimate of drug-likeness (QED) is 0.719. The van der Waals surface area contributed by atoms with Crippen LogP contribution in [-0.2, 0) is 11.2 Å². The average Bonchev–Trinajstić information content (AvgIpc) is 2.42. The fourth-order valence-corrected chi connectivity index (χ4v) is 2.33. The van der Waals surface area contributed by atoms with Gasteiger partial charge in [0.1, 0.15) is 0 Å². The van der Waals surface area contributed by atoms with E-state index in [4.69, 9.17) is 11.6 Å². The molecule has 0 saturated carbocycles. The Balaban J connectivity index is 2.32. The third-order valence-electron chi connectivity index (χ3n) is 3.63. The van der Waals surface area contributed by atoms with Gasteiger partial charge in [-0.25, -0.2) is 0 Å². The zero-order chi connectivity index (χ0) is 15.0. The molecule has 0 unspecified atom stereocenters. The van der Waals surface area contributed by atoms with Crippen molar-refractivity contribution in [1.29, 1.82) is 0 Å². The minimum absolute atomic E-state index is 0.118. The first-order valence-electron chi connectivity index (χ1n) is 7.32. The third-order valence-corrected chi connectivity index (χ3v) is 3.90. The molecule has 3 heteroatoms. The van der Waals surface area contributed by atoms with Crippen LogP contribution in [0.3, 0.4) is 0 Å². The Hall–Kier alpha value is -1.02. The van der Waals surface area contributed by atoms with Gasteiger partial charge in [0.2, 0.25) is 5.91 Å². The Morgan fingerprint density at radius 2 is 2.00 bits per heavy atom. The molecule has 0 saturated heterocycles. The minimum atomic E-state index is 0.118. The molecule has 0 bridgehead atoms.